The Morgan fingerprint density at radius 1 is 0.464 bits per heavy atom. The molecule has 12 unspecified atom stereocenters. The van der Waals surface area contributed by atoms with Gasteiger partial charge in [0.05, 0.1) is 12.6 Å². The number of hydrogen-bond acceptors (Lipinski definition) is 12. The van der Waals surface area contributed by atoms with Gasteiger partial charge in [-0.1, -0.05) is 109 Å². The van der Waals surface area contributed by atoms with E-state index < -0.39 is 156 Å². The van der Waals surface area contributed by atoms with Crippen LogP contribution in [-0.2, 0) is 52.7 Å². The van der Waals surface area contributed by atoms with Crippen molar-refractivity contribution < 1.29 is 57.8 Å². The van der Waals surface area contributed by atoms with Crippen molar-refractivity contribution >= 4 is 65.0 Å². The number of hydrogen-bond donors (Lipinski definition) is 6. The Hall–Kier alpha value is -6.13. The van der Waals surface area contributed by atoms with Crippen LogP contribution < -0.4 is 26.6 Å². The van der Waals surface area contributed by atoms with Gasteiger partial charge in [0.15, 0.2) is 0 Å². The highest BCUT2D eigenvalue weighted by atomic mass is 16.3. The molecule has 84 heavy (non-hydrogen) atoms. The van der Waals surface area contributed by atoms with Gasteiger partial charge in [0.1, 0.15) is 60.4 Å². The van der Waals surface area contributed by atoms with Crippen molar-refractivity contribution in [2.45, 2.75) is 223 Å². The molecule has 23 nitrogen and oxygen atoms in total. The molecule has 0 radical (unpaired) electrons. The van der Waals surface area contributed by atoms with Gasteiger partial charge < -0.3 is 61.1 Å². The highest BCUT2D eigenvalue weighted by Crippen LogP contribution is 2.24. The summed E-state index contributed by atoms with van der Waals surface area (Å²) in [5, 5.41) is 25.5. The number of nitrogens with one attached hydrogen (secondary N) is 5. The molecule has 0 aromatic rings. The second-order valence-corrected chi connectivity index (χ2v) is 25.7. The number of aliphatic hydroxyl groups is 1. The SMILES string of the molecule is CC=CCC(C)C(O)C1NC(=O)C(C(C)C)N(C)C(=O)C(CC(C)C)N(C)C(=O)C(CC(C)C)N(C)C(=O)C(C)NC(=O)C(C)NC(=O)C(CC(C)C)N(C)C(=O)C(C(C)C)NC(=O)C(CC(C)C)N(C)C(=O)CN(C)C(=O)C(CC)NC1=O. The first-order valence-electron chi connectivity index (χ1n) is 30.2. The van der Waals surface area contributed by atoms with Crippen LogP contribution in [0.4, 0.5) is 0 Å². The summed E-state index contributed by atoms with van der Waals surface area (Å²) in [7, 11) is 8.52. The standard InChI is InChI=1S/C61H109N11O12/c1-24-26-27-39(15)51(74)49-55(78)64-42(25-2)58(81)67(18)32-47(73)68(19)43(28-33(3)4)54(77)65-48(37(11)12)61(84)69(20)44(29-34(5)6)53(76)62-40(16)52(75)63-41(17)57(80)70(21)45(30-35(7)8)59(82)71(22)46(31-36(9)10)60(83)72(23)50(38(13)14)56(79)66-49/h24,26,33-46,48-51,74H,25,27-32H2,1-23H3,(H,62,76)(H,63,75)(H,64,78)(H,65,77)(H,66,79). The first kappa shape index (κ1) is 75.9. The molecule has 6 N–H and O–H groups in total. The highest BCUT2D eigenvalue weighted by molar-refractivity contribution is 5.99. The number of aliphatic hydroxyl groups excluding tert-OH is 1. The zero-order valence-electron chi connectivity index (χ0n) is 55.1. The smallest absolute Gasteiger partial charge is 0.245 e. The first-order valence-corrected chi connectivity index (χ1v) is 30.2. The fourth-order valence-corrected chi connectivity index (χ4v) is 10.4. The number of carbonyl (C=O) groups is 11. The van der Waals surface area contributed by atoms with E-state index in [0.717, 1.165) is 4.90 Å². The van der Waals surface area contributed by atoms with Crippen molar-refractivity contribution in [3.05, 3.63) is 12.2 Å². The summed E-state index contributed by atoms with van der Waals surface area (Å²) in [4.78, 5) is 166. The topological polar surface area (TPSA) is 288 Å². The third kappa shape index (κ3) is 21.7. The fraction of sp³-hybridized carbons (Fsp3) is 0.787. The van der Waals surface area contributed by atoms with Crippen LogP contribution in [0.15, 0.2) is 12.2 Å². The van der Waals surface area contributed by atoms with E-state index in [1.54, 1.807) is 60.6 Å². The first-order chi connectivity index (χ1) is 38.8. The third-order valence-corrected chi connectivity index (χ3v) is 15.7. The summed E-state index contributed by atoms with van der Waals surface area (Å²) in [5.41, 5.74) is 0. The number of allylic oxidation sites excluding steroid dienone is 2. The normalized spacial score (nSPS) is 27.0. The molecule has 23 heteroatoms. The summed E-state index contributed by atoms with van der Waals surface area (Å²) in [5.74, 6) is -9.87. The van der Waals surface area contributed by atoms with Gasteiger partial charge in [0.2, 0.25) is 65.0 Å². The molecule has 480 valence electrons. The summed E-state index contributed by atoms with van der Waals surface area (Å²) >= 11 is 0. The van der Waals surface area contributed by atoms with Crippen molar-refractivity contribution in [3.8, 4) is 0 Å². The van der Waals surface area contributed by atoms with Gasteiger partial charge >= 0.3 is 0 Å². The molecule has 1 aliphatic heterocycles. The predicted molar refractivity (Wildman–Crippen MR) is 324 cm³/mol. The van der Waals surface area contributed by atoms with Crippen molar-refractivity contribution in [3.63, 3.8) is 0 Å². The lowest BCUT2D eigenvalue weighted by atomic mass is 9.92. The minimum absolute atomic E-state index is 0.0192. The summed E-state index contributed by atoms with van der Waals surface area (Å²) in [6, 6.07) is -12.4. The van der Waals surface area contributed by atoms with Gasteiger partial charge in [0, 0.05) is 42.3 Å². The lowest BCUT2D eigenvalue weighted by molar-refractivity contribution is -0.154. The maximum Gasteiger partial charge on any atom is 0.245 e. The van der Waals surface area contributed by atoms with E-state index in [9.17, 15) is 57.8 Å². The monoisotopic (exact) mass is 1190 g/mol. The van der Waals surface area contributed by atoms with E-state index in [-0.39, 0.29) is 55.8 Å². The molecule has 0 saturated carbocycles. The van der Waals surface area contributed by atoms with Gasteiger partial charge in [-0.25, -0.2) is 0 Å². The van der Waals surface area contributed by atoms with Crippen molar-refractivity contribution in [1.29, 1.82) is 0 Å². The van der Waals surface area contributed by atoms with Crippen molar-refractivity contribution in [2.24, 2.45) is 41.4 Å². The van der Waals surface area contributed by atoms with Crippen LogP contribution in [-0.4, -0.2) is 215 Å². The number of carbonyl (C=O) groups excluding carboxylic acids is 11. The molecule has 0 bridgehead atoms. The molecule has 1 aliphatic rings. The fourth-order valence-electron chi connectivity index (χ4n) is 10.4. The molecule has 1 heterocycles. The quantitative estimate of drug-likeness (QED) is 0.129. The third-order valence-electron chi connectivity index (χ3n) is 15.7. The van der Waals surface area contributed by atoms with Crippen molar-refractivity contribution in [1.82, 2.24) is 56.0 Å². The van der Waals surface area contributed by atoms with Gasteiger partial charge in [-0.3, -0.25) is 52.7 Å². The van der Waals surface area contributed by atoms with Crippen LogP contribution in [0.2, 0.25) is 0 Å². The van der Waals surface area contributed by atoms with E-state index in [1.165, 1.54) is 80.6 Å². The molecule has 0 spiro atoms. The summed E-state index contributed by atoms with van der Waals surface area (Å²) in [6.45, 7) is 29.2. The molecular weight excluding hydrogens is 1080 g/mol. The van der Waals surface area contributed by atoms with Gasteiger partial charge in [0.25, 0.3) is 0 Å². The Morgan fingerprint density at radius 3 is 1.33 bits per heavy atom. The van der Waals surface area contributed by atoms with E-state index in [1.807, 2.05) is 55.4 Å². The molecule has 12 atom stereocenters. The number of amides is 11. The van der Waals surface area contributed by atoms with Crippen LogP contribution in [0.5, 0.6) is 0 Å². The van der Waals surface area contributed by atoms with E-state index in [2.05, 4.69) is 26.6 Å². The maximum absolute atomic E-state index is 15.0. The molecule has 1 saturated heterocycles. The Labute approximate surface area is 502 Å². The molecule has 1 fully saturated rings. The Kier molecular flexibility index (Phi) is 31.4. The lowest BCUT2D eigenvalue weighted by Crippen LogP contribution is -2.63. The van der Waals surface area contributed by atoms with E-state index >= 15 is 0 Å². The van der Waals surface area contributed by atoms with Crippen molar-refractivity contribution in [2.75, 3.05) is 48.8 Å². The van der Waals surface area contributed by atoms with Gasteiger partial charge in [-0.05, 0) is 101 Å². The molecule has 0 aromatic carbocycles. The Balaban J connectivity index is 4.26. The van der Waals surface area contributed by atoms with Crippen LogP contribution >= 0.6 is 0 Å². The number of rotatable bonds is 15. The largest absolute Gasteiger partial charge is 0.390 e. The van der Waals surface area contributed by atoms with Gasteiger partial charge in [-0.15, -0.1) is 0 Å². The van der Waals surface area contributed by atoms with E-state index in [4.69, 9.17) is 0 Å². The van der Waals surface area contributed by atoms with Crippen LogP contribution in [0.1, 0.15) is 156 Å². The second kappa shape index (κ2) is 34.7. The highest BCUT2D eigenvalue weighted by Gasteiger charge is 2.44. The Morgan fingerprint density at radius 2 is 0.881 bits per heavy atom. The molecular formula is C61H109N11O12. The van der Waals surface area contributed by atoms with Crippen LogP contribution in [0, 0.1) is 41.4 Å². The average molecular weight is 1190 g/mol. The molecule has 0 aromatic heterocycles. The minimum Gasteiger partial charge on any atom is -0.390 e. The zero-order chi connectivity index (χ0) is 65.1. The zero-order valence-corrected chi connectivity index (χ0v) is 55.1. The molecule has 0 aliphatic carbocycles. The number of nitrogens with zero attached hydrogens (tertiary/aromatic N) is 6. The van der Waals surface area contributed by atoms with Crippen LogP contribution in [0.3, 0.4) is 0 Å². The van der Waals surface area contributed by atoms with Gasteiger partial charge in [-0.2, -0.15) is 0 Å². The van der Waals surface area contributed by atoms with E-state index in [0.29, 0.717) is 6.42 Å². The lowest BCUT2D eigenvalue weighted by Gasteiger charge is -2.40. The minimum atomic E-state index is -1.66. The van der Waals surface area contributed by atoms with Crippen LogP contribution in [0.25, 0.3) is 0 Å². The number of likely N-dealkylation sites (N-methyl/N-ethyl adjacent to an activating group) is 6. The summed E-state index contributed by atoms with van der Waals surface area (Å²) < 4.78 is 0. The molecule has 1 rings (SSSR count). The average Bonchev–Trinajstić information content (AvgIpc) is 3.53. The molecule has 11 amide bonds. The Bertz CT molecular complexity index is 2290. The second-order valence-electron chi connectivity index (χ2n) is 25.7. The summed E-state index contributed by atoms with van der Waals surface area (Å²) in [6.07, 6.45) is 2.99. The maximum atomic E-state index is 15.0. The predicted octanol–water partition coefficient (Wildman–Crippen LogP) is 2.93.